The molecule has 1 heterocycles. The van der Waals surface area contributed by atoms with E-state index < -0.39 is 0 Å². The summed E-state index contributed by atoms with van der Waals surface area (Å²) in [6.07, 6.45) is 0.717. The van der Waals surface area contributed by atoms with Crippen molar-refractivity contribution < 1.29 is 9.47 Å². The molecule has 5 heteroatoms. The highest BCUT2D eigenvalue weighted by molar-refractivity contribution is 9.10. The first-order chi connectivity index (χ1) is 13.7. The van der Waals surface area contributed by atoms with Crippen LogP contribution in [0.4, 0.5) is 0 Å². The molecular formula is C23H21BrN2O2. The number of hydrogen-bond donors (Lipinski definition) is 0. The van der Waals surface area contributed by atoms with Crippen LogP contribution in [-0.2, 0) is 13.0 Å². The van der Waals surface area contributed by atoms with E-state index in [0.717, 1.165) is 51.1 Å². The SMILES string of the molecule is COc1ccc(Cc2nn(Cc3ccccc3)c3ccc(Br)cc23)cc1OC. The maximum atomic E-state index is 5.45. The Morgan fingerprint density at radius 2 is 1.64 bits per heavy atom. The molecule has 0 spiro atoms. The molecule has 0 bridgehead atoms. The van der Waals surface area contributed by atoms with Crippen LogP contribution in [0.15, 0.2) is 71.2 Å². The topological polar surface area (TPSA) is 36.3 Å². The molecule has 0 saturated heterocycles. The van der Waals surface area contributed by atoms with Gasteiger partial charge < -0.3 is 9.47 Å². The Balaban J connectivity index is 1.73. The van der Waals surface area contributed by atoms with E-state index in [9.17, 15) is 0 Å². The lowest BCUT2D eigenvalue weighted by Gasteiger charge is -2.09. The van der Waals surface area contributed by atoms with Crippen molar-refractivity contribution in [2.45, 2.75) is 13.0 Å². The molecule has 0 amide bonds. The van der Waals surface area contributed by atoms with E-state index in [0.29, 0.717) is 0 Å². The number of nitrogens with zero attached hydrogens (tertiary/aromatic N) is 2. The van der Waals surface area contributed by atoms with E-state index in [2.05, 4.69) is 69.1 Å². The van der Waals surface area contributed by atoms with E-state index in [4.69, 9.17) is 14.6 Å². The molecule has 4 rings (SSSR count). The Morgan fingerprint density at radius 1 is 0.857 bits per heavy atom. The summed E-state index contributed by atoms with van der Waals surface area (Å²) in [5.74, 6) is 1.46. The Morgan fingerprint density at radius 3 is 2.39 bits per heavy atom. The van der Waals surface area contributed by atoms with Gasteiger partial charge in [0.15, 0.2) is 11.5 Å². The van der Waals surface area contributed by atoms with Crippen LogP contribution in [0.3, 0.4) is 0 Å². The first-order valence-corrected chi connectivity index (χ1v) is 9.87. The van der Waals surface area contributed by atoms with Crippen LogP contribution in [0, 0.1) is 0 Å². The molecule has 28 heavy (non-hydrogen) atoms. The molecule has 0 saturated carbocycles. The average molecular weight is 437 g/mol. The van der Waals surface area contributed by atoms with Crippen molar-refractivity contribution in [3.8, 4) is 11.5 Å². The molecule has 0 atom stereocenters. The van der Waals surface area contributed by atoms with Crippen LogP contribution >= 0.6 is 15.9 Å². The molecule has 0 unspecified atom stereocenters. The largest absolute Gasteiger partial charge is 0.493 e. The van der Waals surface area contributed by atoms with E-state index in [1.807, 2.05) is 18.2 Å². The molecule has 0 aliphatic heterocycles. The number of hydrogen-bond acceptors (Lipinski definition) is 3. The summed E-state index contributed by atoms with van der Waals surface area (Å²) in [5.41, 5.74) is 4.53. The third-order valence-electron chi connectivity index (χ3n) is 4.78. The molecule has 1 aromatic heterocycles. The minimum atomic E-state index is 0.717. The third kappa shape index (κ3) is 3.76. The number of benzene rings is 3. The lowest BCUT2D eigenvalue weighted by Crippen LogP contribution is -2.02. The Bertz CT molecular complexity index is 1110. The van der Waals surface area contributed by atoms with Gasteiger partial charge in [-0.25, -0.2) is 0 Å². The first-order valence-electron chi connectivity index (χ1n) is 9.07. The second kappa shape index (κ2) is 8.07. The van der Waals surface area contributed by atoms with Crippen LogP contribution in [0.1, 0.15) is 16.8 Å². The van der Waals surface area contributed by atoms with Crippen molar-refractivity contribution in [2.24, 2.45) is 0 Å². The molecule has 0 radical (unpaired) electrons. The summed E-state index contributed by atoms with van der Waals surface area (Å²) in [6.45, 7) is 0.741. The molecule has 4 aromatic rings. The van der Waals surface area contributed by atoms with Gasteiger partial charge in [0.25, 0.3) is 0 Å². The van der Waals surface area contributed by atoms with Crippen LogP contribution < -0.4 is 9.47 Å². The van der Waals surface area contributed by atoms with Gasteiger partial charge in [-0.3, -0.25) is 4.68 Å². The van der Waals surface area contributed by atoms with Gasteiger partial charge in [0, 0.05) is 16.3 Å². The predicted octanol–water partition coefficient (Wildman–Crippen LogP) is 5.46. The van der Waals surface area contributed by atoms with E-state index >= 15 is 0 Å². The lowest BCUT2D eigenvalue weighted by molar-refractivity contribution is 0.354. The molecule has 142 valence electrons. The second-order valence-electron chi connectivity index (χ2n) is 6.62. The third-order valence-corrected chi connectivity index (χ3v) is 5.28. The zero-order valence-electron chi connectivity index (χ0n) is 15.9. The highest BCUT2D eigenvalue weighted by Gasteiger charge is 2.13. The highest BCUT2D eigenvalue weighted by atomic mass is 79.9. The Labute approximate surface area is 172 Å². The number of halogens is 1. The summed E-state index contributed by atoms with van der Waals surface area (Å²) in [7, 11) is 3.30. The van der Waals surface area contributed by atoms with Gasteiger partial charge >= 0.3 is 0 Å². The van der Waals surface area contributed by atoms with Crippen LogP contribution in [-0.4, -0.2) is 24.0 Å². The van der Waals surface area contributed by atoms with Crippen molar-refractivity contribution in [1.82, 2.24) is 9.78 Å². The van der Waals surface area contributed by atoms with Gasteiger partial charge in [0.2, 0.25) is 0 Å². The van der Waals surface area contributed by atoms with Gasteiger partial charge in [-0.1, -0.05) is 52.3 Å². The zero-order valence-corrected chi connectivity index (χ0v) is 17.4. The molecular weight excluding hydrogens is 416 g/mol. The number of aromatic nitrogens is 2. The molecule has 0 aliphatic rings. The summed E-state index contributed by atoms with van der Waals surface area (Å²) >= 11 is 3.60. The van der Waals surface area contributed by atoms with Gasteiger partial charge in [0.05, 0.1) is 32.0 Å². The van der Waals surface area contributed by atoms with Gasteiger partial charge in [-0.05, 0) is 41.5 Å². The number of ether oxygens (including phenoxy) is 2. The lowest BCUT2D eigenvalue weighted by atomic mass is 10.1. The molecule has 3 aromatic carbocycles. The zero-order chi connectivity index (χ0) is 19.5. The normalized spacial score (nSPS) is 11.0. The summed E-state index contributed by atoms with van der Waals surface area (Å²) in [6, 6.07) is 22.7. The maximum Gasteiger partial charge on any atom is 0.160 e. The average Bonchev–Trinajstić information content (AvgIpc) is 3.04. The predicted molar refractivity (Wildman–Crippen MR) is 115 cm³/mol. The number of fused-ring (bicyclic) bond motifs is 1. The fourth-order valence-corrected chi connectivity index (χ4v) is 3.77. The Kier molecular flexibility index (Phi) is 5.35. The second-order valence-corrected chi connectivity index (χ2v) is 7.53. The maximum absolute atomic E-state index is 5.45. The molecule has 4 nitrogen and oxygen atoms in total. The molecule has 0 aliphatic carbocycles. The molecule has 0 fully saturated rings. The fourth-order valence-electron chi connectivity index (χ4n) is 3.41. The summed E-state index contributed by atoms with van der Waals surface area (Å²) in [5, 5.41) is 6.10. The number of methoxy groups -OCH3 is 2. The number of rotatable bonds is 6. The fraction of sp³-hybridized carbons (Fsp3) is 0.174. The quantitative estimate of drug-likeness (QED) is 0.402. The van der Waals surface area contributed by atoms with E-state index in [1.54, 1.807) is 14.2 Å². The van der Waals surface area contributed by atoms with Crippen LogP contribution in [0.2, 0.25) is 0 Å². The van der Waals surface area contributed by atoms with E-state index in [1.165, 1.54) is 5.56 Å². The van der Waals surface area contributed by atoms with Crippen LogP contribution in [0.5, 0.6) is 11.5 Å². The van der Waals surface area contributed by atoms with Gasteiger partial charge in [-0.15, -0.1) is 0 Å². The van der Waals surface area contributed by atoms with Crippen molar-refractivity contribution in [3.05, 3.63) is 88.0 Å². The van der Waals surface area contributed by atoms with Crippen molar-refractivity contribution in [1.29, 1.82) is 0 Å². The minimum absolute atomic E-state index is 0.717. The van der Waals surface area contributed by atoms with Gasteiger partial charge in [0.1, 0.15) is 0 Å². The standard InChI is InChI=1S/C23H21BrN2O2/c1-27-22-11-8-17(13-23(22)28-2)12-20-19-14-18(24)9-10-21(19)26(25-20)15-16-6-4-3-5-7-16/h3-11,13-14H,12,15H2,1-2H3. The summed E-state index contributed by atoms with van der Waals surface area (Å²) < 4.78 is 13.9. The smallest absolute Gasteiger partial charge is 0.160 e. The van der Waals surface area contributed by atoms with Crippen molar-refractivity contribution in [3.63, 3.8) is 0 Å². The minimum Gasteiger partial charge on any atom is -0.493 e. The summed E-state index contributed by atoms with van der Waals surface area (Å²) in [4.78, 5) is 0. The van der Waals surface area contributed by atoms with Crippen LogP contribution in [0.25, 0.3) is 10.9 Å². The monoisotopic (exact) mass is 436 g/mol. The van der Waals surface area contributed by atoms with Crippen molar-refractivity contribution >= 4 is 26.8 Å². The van der Waals surface area contributed by atoms with E-state index in [-0.39, 0.29) is 0 Å². The van der Waals surface area contributed by atoms with Crippen molar-refractivity contribution in [2.75, 3.05) is 14.2 Å². The van der Waals surface area contributed by atoms with Gasteiger partial charge in [-0.2, -0.15) is 5.10 Å². The molecule has 0 N–H and O–H groups in total. The first kappa shape index (κ1) is 18.6. The Hall–Kier alpha value is -2.79. The highest BCUT2D eigenvalue weighted by Crippen LogP contribution is 2.30.